The standard InChI is InChI=1S/C21H27NO3S/c1-14-8-9-22(18-4-2-3-5-19(18)26-14)20(23)13-25-21(24)12-17-11-15-6-7-16(17)10-15/h2-5,14-17H,6-13H2,1H3. The minimum Gasteiger partial charge on any atom is -0.456 e. The van der Waals surface area contributed by atoms with E-state index in [2.05, 4.69) is 13.0 Å². The normalized spacial score (nSPS) is 30.0. The molecule has 4 nitrogen and oxygen atoms in total. The highest BCUT2D eigenvalue weighted by Crippen LogP contribution is 2.49. The summed E-state index contributed by atoms with van der Waals surface area (Å²) in [4.78, 5) is 27.9. The van der Waals surface area contributed by atoms with Gasteiger partial charge in [-0.15, -0.1) is 11.8 Å². The van der Waals surface area contributed by atoms with Crippen molar-refractivity contribution >= 4 is 29.3 Å². The monoisotopic (exact) mass is 373 g/mol. The molecule has 1 aliphatic heterocycles. The van der Waals surface area contributed by atoms with E-state index >= 15 is 0 Å². The average molecular weight is 374 g/mol. The van der Waals surface area contributed by atoms with Gasteiger partial charge in [0.15, 0.2) is 6.61 Å². The smallest absolute Gasteiger partial charge is 0.306 e. The molecular formula is C21H27NO3S. The molecule has 2 saturated carbocycles. The maximum Gasteiger partial charge on any atom is 0.306 e. The van der Waals surface area contributed by atoms with E-state index in [1.165, 1.54) is 25.7 Å². The molecule has 140 valence electrons. The van der Waals surface area contributed by atoms with Crippen molar-refractivity contribution in [2.45, 2.75) is 55.6 Å². The van der Waals surface area contributed by atoms with Crippen molar-refractivity contribution in [2.75, 3.05) is 18.1 Å². The van der Waals surface area contributed by atoms with Crippen LogP contribution < -0.4 is 4.90 Å². The molecule has 0 spiro atoms. The lowest BCUT2D eigenvalue weighted by atomic mass is 9.86. The number of nitrogens with zero attached hydrogens (tertiary/aromatic N) is 1. The van der Waals surface area contributed by atoms with Crippen LogP contribution >= 0.6 is 11.8 Å². The van der Waals surface area contributed by atoms with Gasteiger partial charge in [0.2, 0.25) is 0 Å². The number of hydrogen-bond acceptors (Lipinski definition) is 4. The zero-order valence-corrected chi connectivity index (χ0v) is 16.2. The first-order valence-corrected chi connectivity index (χ1v) is 10.7. The topological polar surface area (TPSA) is 46.6 Å². The van der Waals surface area contributed by atoms with E-state index < -0.39 is 0 Å². The molecule has 0 aromatic heterocycles. The quantitative estimate of drug-likeness (QED) is 0.739. The van der Waals surface area contributed by atoms with E-state index in [1.54, 1.807) is 16.7 Å². The van der Waals surface area contributed by atoms with Gasteiger partial charge in [-0.2, -0.15) is 0 Å². The van der Waals surface area contributed by atoms with Crippen LogP contribution in [0.1, 0.15) is 45.4 Å². The summed E-state index contributed by atoms with van der Waals surface area (Å²) >= 11 is 1.80. The molecule has 3 aliphatic rings. The van der Waals surface area contributed by atoms with E-state index in [4.69, 9.17) is 4.74 Å². The summed E-state index contributed by atoms with van der Waals surface area (Å²) in [7, 11) is 0. The Morgan fingerprint density at radius 2 is 2.04 bits per heavy atom. The predicted molar refractivity (Wildman–Crippen MR) is 103 cm³/mol. The van der Waals surface area contributed by atoms with Gasteiger partial charge in [0.1, 0.15) is 0 Å². The van der Waals surface area contributed by atoms with Crippen molar-refractivity contribution < 1.29 is 14.3 Å². The van der Waals surface area contributed by atoms with Gasteiger partial charge in [0, 0.05) is 23.1 Å². The number of benzene rings is 1. The van der Waals surface area contributed by atoms with Gasteiger partial charge >= 0.3 is 5.97 Å². The van der Waals surface area contributed by atoms with Crippen LogP contribution in [0.25, 0.3) is 0 Å². The largest absolute Gasteiger partial charge is 0.456 e. The Balaban J connectivity index is 1.33. The molecule has 1 heterocycles. The number of para-hydroxylation sites is 1. The molecule has 5 heteroatoms. The second-order valence-electron chi connectivity index (χ2n) is 8.03. The highest BCUT2D eigenvalue weighted by atomic mass is 32.2. The highest BCUT2D eigenvalue weighted by Gasteiger charge is 2.40. The van der Waals surface area contributed by atoms with Crippen molar-refractivity contribution in [3.8, 4) is 0 Å². The third-order valence-corrected chi connectivity index (χ3v) is 7.45. The summed E-state index contributed by atoms with van der Waals surface area (Å²) in [5.41, 5.74) is 0.941. The second kappa shape index (κ2) is 7.63. The van der Waals surface area contributed by atoms with Crippen LogP contribution in [0.3, 0.4) is 0 Å². The number of esters is 1. The van der Waals surface area contributed by atoms with E-state index in [0.717, 1.165) is 22.9 Å². The molecule has 0 saturated heterocycles. The Hall–Kier alpha value is -1.49. The number of hydrogen-bond donors (Lipinski definition) is 0. The lowest BCUT2D eigenvalue weighted by Crippen LogP contribution is -2.36. The fourth-order valence-corrected chi connectivity index (χ4v) is 5.98. The average Bonchev–Trinajstić information content (AvgIpc) is 3.19. The van der Waals surface area contributed by atoms with Crippen LogP contribution in [-0.4, -0.2) is 30.3 Å². The van der Waals surface area contributed by atoms with Crippen molar-refractivity contribution in [3.63, 3.8) is 0 Å². The number of carbonyl (C=O) groups is 2. The predicted octanol–water partition coefficient (Wildman–Crippen LogP) is 4.27. The van der Waals surface area contributed by atoms with Gasteiger partial charge < -0.3 is 9.64 Å². The summed E-state index contributed by atoms with van der Waals surface area (Å²) < 4.78 is 5.37. The van der Waals surface area contributed by atoms with Crippen molar-refractivity contribution in [1.82, 2.24) is 0 Å². The number of fused-ring (bicyclic) bond motifs is 3. The molecule has 4 unspecified atom stereocenters. The molecule has 1 aromatic rings. The molecule has 26 heavy (non-hydrogen) atoms. The number of carbonyl (C=O) groups excluding carboxylic acids is 2. The minimum absolute atomic E-state index is 0.117. The highest BCUT2D eigenvalue weighted by molar-refractivity contribution is 8.00. The molecule has 2 aliphatic carbocycles. The first kappa shape index (κ1) is 17.9. The maximum atomic E-state index is 12.7. The number of thioether (sulfide) groups is 1. The molecule has 0 radical (unpaired) electrons. The summed E-state index contributed by atoms with van der Waals surface area (Å²) in [5.74, 6) is 1.69. The summed E-state index contributed by atoms with van der Waals surface area (Å²) in [6, 6.07) is 8.00. The second-order valence-corrected chi connectivity index (χ2v) is 9.51. The number of ether oxygens (including phenoxy) is 1. The van der Waals surface area contributed by atoms with Crippen LogP contribution in [0.4, 0.5) is 5.69 Å². The lowest BCUT2D eigenvalue weighted by molar-refractivity contribution is -0.149. The van der Waals surface area contributed by atoms with Crippen LogP contribution in [0, 0.1) is 17.8 Å². The third kappa shape index (κ3) is 3.78. The van der Waals surface area contributed by atoms with E-state index in [-0.39, 0.29) is 18.5 Å². The van der Waals surface area contributed by atoms with Crippen LogP contribution in [-0.2, 0) is 14.3 Å². The van der Waals surface area contributed by atoms with Crippen LogP contribution in [0.2, 0.25) is 0 Å². The molecule has 4 rings (SSSR count). The van der Waals surface area contributed by atoms with Gasteiger partial charge in [-0.05, 0) is 55.6 Å². The van der Waals surface area contributed by atoms with E-state index in [9.17, 15) is 9.59 Å². The molecule has 4 atom stereocenters. The molecule has 2 fully saturated rings. The van der Waals surface area contributed by atoms with Crippen LogP contribution in [0.5, 0.6) is 0 Å². The summed E-state index contributed by atoms with van der Waals surface area (Å²) in [5, 5.41) is 0.467. The van der Waals surface area contributed by atoms with E-state index in [1.807, 2.05) is 18.2 Å². The number of amides is 1. The minimum atomic E-state index is -0.207. The first-order valence-electron chi connectivity index (χ1n) is 9.82. The molecule has 0 N–H and O–H groups in total. The fraction of sp³-hybridized carbons (Fsp3) is 0.619. The molecule has 2 bridgehead atoms. The van der Waals surface area contributed by atoms with Crippen molar-refractivity contribution in [1.29, 1.82) is 0 Å². The van der Waals surface area contributed by atoms with Gasteiger partial charge in [0.05, 0.1) is 5.69 Å². The Morgan fingerprint density at radius 1 is 1.19 bits per heavy atom. The van der Waals surface area contributed by atoms with Crippen molar-refractivity contribution in [2.24, 2.45) is 17.8 Å². The Bertz CT molecular complexity index is 692. The summed E-state index contributed by atoms with van der Waals surface area (Å²) in [6.07, 6.45) is 6.48. The molecular weight excluding hydrogens is 346 g/mol. The molecule has 1 aromatic carbocycles. The number of anilines is 1. The Kier molecular flexibility index (Phi) is 5.25. The SMILES string of the molecule is CC1CCN(C(=O)COC(=O)CC2CC3CCC2C3)c2ccccc2S1. The van der Waals surface area contributed by atoms with Crippen molar-refractivity contribution in [3.05, 3.63) is 24.3 Å². The van der Waals surface area contributed by atoms with Gasteiger partial charge in [-0.3, -0.25) is 9.59 Å². The Morgan fingerprint density at radius 3 is 2.81 bits per heavy atom. The van der Waals surface area contributed by atoms with Gasteiger partial charge in [-0.1, -0.05) is 25.5 Å². The number of rotatable bonds is 4. The van der Waals surface area contributed by atoms with Gasteiger partial charge in [-0.25, -0.2) is 0 Å². The van der Waals surface area contributed by atoms with Crippen LogP contribution in [0.15, 0.2) is 29.2 Å². The molecule has 1 amide bonds. The van der Waals surface area contributed by atoms with Gasteiger partial charge in [0.25, 0.3) is 5.91 Å². The summed E-state index contributed by atoms with van der Waals surface area (Å²) in [6.45, 7) is 2.71. The zero-order valence-electron chi connectivity index (χ0n) is 15.4. The first-order chi connectivity index (χ1) is 12.6. The zero-order chi connectivity index (χ0) is 18.1. The Labute approximate surface area is 159 Å². The lowest BCUT2D eigenvalue weighted by Gasteiger charge is -2.23. The maximum absolute atomic E-state index is 12.7. The third-order valence-electron chi connectivity index (χ3n) is 6.21. The van der Waals surface area contributed by atoms with E-state index in [0.29, 0.717) is 30.1 Å². The fourth-order valence-electron chi connectivity index (χ4n) is 4.87.